The molecule has 2 aliphatic rings. The fourth-order valence-corrected chi connectivity index (χ4v) is 4.34. The summed E-state index contributed by atoms with van der Waals surface area (Å²) in [6.45, 7) is 3.11. The highest BCUT2D eigenvalue weighted by molar-refractivity contribution is 6.27. The van der Waals surface area contributed by atoms with Crippen molar-refractivity contribution >= 4 is 23.4 Å². The number of halogens is 1. The number of ether oxygens (including phenoxy) is 1. The van der Waals surface area contributed by atoms with Crippen molar-refractivity contribution in [2.75, 3.05) is 19.0 Å². The molecule has 1 saturated carbocycles. The van der Waals surface area contributed by atoms with Gasteiger partial charge in [0.05, 0.1) is 6.10 Å². The molecular formula is C22H31ClN2O3. The summed E-state index contributed by atoms with van der Waals surface area (Å²) in [5.41, 5.74) is 1.93. The van der Waals surface area contributed by atoms with Crippen LogP contribution in [-0.4, -0.2) is 47.9 Å². The number of hydrogen-bond donors (Lipinski definition) is 1. The van der Waals surface area contributed by atoms with Crippen LogP contribution in [0.2, 0.25) is 0 Å². The number of benzene rings is 1. The molecule has 28 heavy (non-hydrogen) atoms. The van der Waals surface area contributed by atoms with Crippen LogP contribution in [0.25, 0.3) is 0 Å². The molecule has 0 bridgehead atoms. The van der Waals surface area contributed by atoms with Crippen molar-refractivity contribution in [3.63, 3.8) is 0 Å². The highest BCUT2D eigenvalue weighted by Gasteiger charge is 2.34. The molecular weight excluding hydrogens is 376 g/mol. The molecule has 1 aliphatic heterocycles. The van der Waals surface area contributed by atoms with Crippen LogP contribution in [0, 0.1) is 6.92 Å². The van der Waals surface area contributed by atoms with E-state index in [0.717, 1.165) is 49.7 Å². The minimum Gasteiger partial charge on any atom is -0.376 e. The van der Waals surface area contributed by atoms with Crippen LogP contribution in [-0.2, 0) is 14.3 Å². The van der Waals surface area contributed by atoms with E-state index in [-0.39, 0.29) is 29.8 Å². The molecule has 5 nitrogen and oxygen atoms in total. The van der Waals surface area contributed by atoms with Gasteiger partial charge in [0.25, 0.3) is 0 Å². The third-order valence-corrected chi connectivity index (χ3v) is 5.99. The summed E-state index contributed by atoms with van der Waals surface area (Å²) >= 11 is 5.92. The zero-order valence-electron chi connectivity index (χ0n) is 16.7. The number of carbonyl (C=O) groups excluding carboxylic acids is 2. The van der Waals surface area contributed by atoms with Gasteiger partial charge in [-0.3, -0.25) is 9.59 Å². The minimum atomic E-state index is -0.682. The van der Waals surface area contributed by atoms with Crippen molar-refractivity contribution in [2.45, 2.75) is 70.1 Å². The van der Waals surface area contributed by atoms with E-state index < -0.39 is 6.04 Å². The number of carbonyl (C=O) groups is 2. The number of rotatable bonds is 7. The third-order valence-electron chi connectivity index (χ3n) is 5.76. The SMILES string of the molecule is Cc1ccc([C@@H](C(=O)NC2CCCCC2)N(C[C@H]2CCCO2)C(=O)CCl)cc1. The van der Waals surface area contributed by atoms with Crippen LogP contribution in [0.5, 0.6) is 0 Å². The Hall–Kier alpha value is -1.59. The van der Waals surface area contributed by atoms with E-state index >= 15 is 0 Å². The van der Waals surface area contributed by atoms with E-state index in [4.69, 9.17) is 16.3 Å². The summed E-state index contributed by atoms with van der Waals surface area (Å²) in [4.78, 5) is 27.7. The molecule has 0 unspecified atom stereocenters. The number of nitrogens with zero attached hydrogens (tertiary/aromatic N) is 1. The first-order valence-electron chi connectivity index (χ1n) is 10.4. The van der Waals surface area contributed by atoms with Gasteiger partial charge in [-0.05, 0) is 38.2 Å². The predicted octanol–water partition coefficient (Wildman–Crippen LogP) is 3.73. The molecule has 6 heteroatoms. The molecule has 154 valence electrons. The summed E-state index contributed by atoms with van der Waals surface area (Å²) in [6.07, 6.45) is 7.35. The van der Waals surface area contributed by atoms with E-state index in [1.807, 2.05) is 31.2 Å². The molecule has 2 fully saturated rings. The van der Waals surface area contributed by atoms with Gasteiger partial charge in [-0.25, -0.2) is 0 Å². The van der Waals surface area contributed by atoms with Gasteiger partial charge in [0, 0.05) is 19.2 Å². The van der Waals surface area contributed by atoms with Gasteiger partial charge in [-0.2, -0.15) is 0 Å². The fourth-order valence-electron chi connectivity index (χ4n) is 4.18. The Morgan fingerprint density at radius 1 is 1.14 bits per heavy atom. The molecule has 0 spiro atoms. The first kappa shape index (κ1) is 21.1. The van der Waals surface area contributed by atoms with E-state index in [1.54, 1.807) is 4.90 Å². The summed E-state index contributed by atoms with van der Waals surface area (Å²) in [5.74, 6) is -0.500. The highest BCUT2D eigenvalue weighted by atomic mass is 35.5. The molecule has 2 amide bonds. The second-order valence-electron chi connectivity index (χ2n) is 7.97. The first-order valence-corrected chi connectivity index (χ1v) is 11.0. The second-order valence-corrected chi connectivity index (χ2v) is 8.24. The molecule has 1 aromatic carbocycles. The van der Waals surface area contributed by atoms with Crippen molar-refractivity contribution in [2.24, 2.45) is 0 Å². The second kappa shape index (κ2) is 10.3. The molecule has 1 saturated heterocycles. The fraction of sp³-hybridized carbons (Fsp3) is 0.636. The van der Waals surface area contributed by atoms with Gasteiger partial charge in [0.15, 0.2) is 0 Å². The zero-order valence-corrected chi connectivity index (χ0v) is 17.4. The summed E-state index contributed by atoms with van der Waals surface area (Å²) < 4.78 is 5.74. The molecule has 0 radical (unpaired) electrons. The average Bonchev–Trinajstić information content (AvgIpc) is 3.22. The summed E-state index contributed by atoms with van der Waals surface area (Å²) in [5, 5.41) is 3.20. The molecule has 3 rings (SSSR count). The van der Waals surface area contributed by atoms with Crippen molar-refractivity contribution < 1.29 is 14.3 Å². The smallest absolute Gasteiger partial charge is 0.247 e. The Morgan fingerprint density at radius 3 is 2.46 bits per heavy atom. The number of hydrogen-bond acceptors (Lipinski definition) is 3. The summed E-state index contributed by atoms with van der Waals surface area (Å²) in [7, 11) is 0. The Kier molecular flexibility index (Phi) is 7.74. The van der Waals surface area contributed by atoms with Crippen molar-refractivity contribution in [1.82, 2.24) is 10.2 Å². The first-order chi connectivity index (χ1) is 13.6. The zero-order chi connectivity index (χ0) is 19.9. The lowest BCUT2D eigenvalue weighted by atomic mass is 9.94. The highest BCUT2D eigenvalue weighted by Crippen LogP contribution is 2.26. The number of amides is 2. The standard InChI is InChI=1S/C22H31ClN2O3/c1-16-9-11-17(12-10-16)21(22(27)24-18-6-3-2-4-7-18)25(20(26)14-23)15-19-8-5-13-28-19/h9-12,18-19,21H,2-8,13-15H2,1H3,(H,24,27)/t19-,21+/m1/s1. The number of aryl methyl sites for hydroxylation is 1. The topological polar surface area (TPSA) is 58.6 Å². The Balaban J connectivity index is 1.85. The number of alkyl halides is 1. The van der Waals surface area contributed by atoms with E-state index in [9.17, 15) is 9.59 Å². The molecule has 1 N–H and O–H groups in total. The van der Waals surface area contributed by atoms with Crippen molar-refractivity contribution in [3.05, 3.63) is 35.4 Å². The van der Waals surface area contributed by atoms with Gasteiger partial charge >= 0.3 is 0 Å². The van der Waals surface area contributed by atoms with Gasteiger partial charge in [0.1, 0.15) is 11.9 Å². The van der Waals surface area contributed by atoms with Crippen LogP contribution in [0.15, 0.2) is 24.3 Å². The van der Waals surface area contributed by atoms with Gasteiger partial charge < -0.3 is 15.0 Å². The molecule has 1 aromatic rings. The van der Waals surface area contributed by atoms with E-state index in [2.05, 4.69) is 5.32 Å². The van der Waals surface area contributed by atoms with Crippen LogP contribution in [0.1, 0.15) is 62.1 Å². The van der Waals surface area contributed by atoms with E-state index in [0.29, 0.717) is 13.2 Å². The van der Waals surface area contributed by atoms with E-state index in [1.165, 1.54) is 6.42 Å². The Labute approximate surface area is 172 Å². The maximum atomic E-state index is 13.3. The van der Waals surface area contributed by atoms with Crippen molar-refractivity contribution in [3.8, 4) is 0 Å². The minimum absolute atomic E-state index is 0.0393. The molecule has 2 atom stereocenters. The maximum absolute atomic E-state index is 13.3. The predicted molar refractivity (Wildman–Crippen MR) is 110 cm³/mol. The van der Waals surface area contributed by atoms with Crippen molar-refractivity contribution in [1.29, 1.82) is 0 Å². The lowest BCUT2D eigenvalue weighted by molar-refractivity contribution is -0.141. The lowest BCUT2D eigenvalue weighted by Gasteiger charge is -2.34. The van der Waals surface area contributed by atoms with Gasteiger partial charge in [-0.15, -0.1) is 11.6 Å². The largest absolute Gasteiger partial charge is 0.376 e. The Morgan fingerprint density at radius 2 is 1.86 bits per heavy atom. The quantitative estimate of drug-likeness (QED) is 0.702. The molecule has 0 aromatic heterocycles. The molecule has 1 aliphatic carbocycles. The third kappa shape index (κ3) is 5.48. The van der Waals surface area contributed by atoms with Gasteiger partial charge in [-0.1, -0.05) is 49.1 Å². The molecule has 1 heterocycles. The normalized spacial score (nSPS) is 21.3. The van der Waals surface area contributed by atoms with Crippen LogP contribution in [0.3, 0.4) is 0 Å². The maximum Gasteiger partial charge on any atom is 0.247 e. The van der Waals surface area contributed by atoms with Crippen LogP contribution < -0.4 is 5.32 Å². The summed E-state index contributed by atoms with van der Waals surface area (Å²) in [6, 6.07) is 7.33. The van der Waals surface area contributed by atoms with Crippen LogP contribution in [0.4, 0.5) is 0 Å². The average molecular weight is 407 g/mol. The van der Waals surface area contributed by atoms with Crippen LogP contribution >= 0.6 is 11.6 Å². The van der Waals surface area contributed by atoms with Gasteiger partial charge in [0.2, 0.25) is 11.8 Å². The number of nitrogens with one attached hydrogen (secondary N) is 1. The lowest BCUT2D eigenvalue weighted by Crippen LogP contribution is -2.49. The monoisotopic (exact) mass is 406 g/mol. The Bertz CT molecular complexity index is 652.